The molecule has 0 fully saturated rings. The van der Waals surface area contributed by atoms with Crippen molar-refractivity contribution in [1.29, 1.82) is 0 Å². The lowest BCUT2D eigenvalue weighted by molar-refractivity contribution is 0.415. The van der Waals surface area contributed by atoms with Gasteiger partial charge in [-0.05, 0) is 49.0 Å². The second-order valence-electron chi connectivity index (χ2n) is 5.24. The van der Waals surface area contributed by atoms with Crippen molar-refractivity contribution in [2.75, 3.05) is 32.1 Å². The maximum absolute atomic E-state index is 5.27. The van der Waals surface area contributed by atoms with E-state index in [1.807, 2.05) is 24.4 Å². The summed E-state index contributed by atoms with van der Waals surface area (Å²) in [6.45, 7) is 3.02. The first kappa shape index (κ1) is 13.9. The van der Waals surface area contributed by atoms with Crippen LogP contribution < -0.4 is 15.4 Å². The number of nitrogens with one attached hydrogen (secondary N) is 2. The molecule has 4 heteroatoms. The zero-order valence-corrected chi connectivity index (χ0v) is 12.4. The fourth-order valence-corrected chi connectivity index (χ4v) is 2.66. The highest BCUT2D eigenvalue weighted by Crippen LogP contribution is 2.25. The molecule has 21 heavy (non-hydrogen) atoms. The monoisotopic (exact) mass is 283 g/mol. The van der Waals surface area contributed by atoms with Gasteiger partial charge in [0.2, 0.25) is 0 Å². The van der Waals surface area contributed by atoms with Gasteiger partial charge < -0.3 is 15.4 Å². The smallest absolute Gasteiger partial charge is 0.133 e. The van der Waals surface area contributed by atoms with E-state index in [1.54, 1.807) is 7.11 Å². The van der Waals surface area contributed by atoms with Gasteiger partial charge >= 0.3 is 0 Å². The number of ether oxygens (including phenoxy) is 1. The lowest BCUT2D eigenvalue weighted by Gasteiger charge is -2.15. The highest BCUT2D eigenvalue weighted by atomic mass is 16.5. The Balaban J connectivity index is 1.70. The van der Waals surface area contributed by atoms with E-state index >= 15 is 0 Å². The molecule has 1 aromatic heterocycles. The van der Waals surface area contributed by atoms with Gasteiger partial charge in [-0.2, -0.15) is 0 Å². The minimum Gasteiger partial charge on any atom is -0.497 e. The van der Waals surface area contributed by atoms with E-state index < -0.39 is 0 Å². The highest BCUT2D eigenvalue weighted by Gasteiger charge is 2.05. The fourth-order valence-electron chi connectivity index (χ4n) is 2.66. The van der Waals surface area contributed by atoms with E-state index in [4.69, 9.17) is 4.74 Å². The van der Waals surface area contributed by atoms with E-state index in [-0.39, 0.29) is 0 Å². The first-order chi connectivity index (χ1) is 10.4. The molecule has 0 aliphatic carbocycles. The molecule has 0 saturated heterocycles. The molecule has 1 aromatic carbocycles. The molecule has 0 saturated carbocycles. The van der Waals surface area contributed by atoms with Gasteiger partial charge in [-0.1, -0.05) is 11.6 Å². The third-order valence-electron chi connectivity index (χ3n) is 3.87. The minimum absolute atomic E-state index is 0.875. The van der Waals surface area contributed by atoms with Crippen LogP contribution >= 0.6 is 0 Å². The summed E-state index contributed by atoms with van der Waals surface area (Å²) in [5.41, 5.74) is 1.53. The van der Waals surface area contributed by atoms with Crippen LogP contribution in [-0.2, 0) is 0 Å². The molecule has 110 valence electrons. The van der Waals surface area contributed by atoms with Crippen molar-refractivity contribution >= 4 is 16.6 Å². The molecule has 4 nitrogen and oxygen atoms in total. The molecular formula is C17H21N3O. The van der Waals surface area contributed by atoms with Gasteiger partial charge in [0, 0.05) is 24.7 Å². The molecule has 0 spiro atoms. The highest BCUT2D eigenvalue weighted by molar-refractivity contribution is 5.92. The predicted molar refractivity (Wildman–Crippen MR) is 87.0 cm³/mol. The maximum Gasteiger partial charge on any atom is 0.133 e. The summed E-state index contributed by atoms with van der Waals surface area (Å²) in [5, 5.41) is 9.08. The van der Waals surface area contributed by atoms with Gasteiger partial charge in [0.05, 0.1) is 7.11 Å². The molecule has 0 atom stereocenters. The molecule has 0 bridgehead atoms. The van der Waals surface area contributed by atoms with Crippen molar-refractivity contribution in [3.8, 4) is 5.75 Å². The van der Waals surface area contributed by atoms with E-state index in [0.717, 1.165) is 54.8 Å². The Bertz CT molecular complexity index is 652. The summed E-state index contributed by atoms with van der Waals surface area (Å²) in [4.78, 5) is 4.46. The molecule has 2 aromatic rings. The van der Waals surface area contributed by atoms with Gasteiger partial charge in [-0.3, -0.25) is 0 Å². The molecule has 3 rings (SSSR count). The van der Waals surface area contributed by atoms with Crippen molar-refractivity contribution in [3.63, 3.8) is 0 Å². The second kappa shape index (κ2) is 6.59. The standard InChI is InChI=1S/C17H21N3O/c1-21-15-2-3-16-14(12-15)7-11-20-17(16)19-10-6-13-4-8-18-9-5-13/h2-4,7,11-12,18H,5-6,8-10H2,1H3,(H,19,20). The van der Waals surface area contributed by atoms with Crippen LogP contribution in [0.5, 0.6) is 5.75 Å². The summed E-state index contributed by atoms with van der Waals surface area (Å²) < 4.78 is 5.27. The number of benzene rings is 1. The summed E-state index contributed by atoms with van der Waals surface area (Å²) in [7, 11) is 1.69. The molecular weight excluding hydrogens is 262 g/mol. The van der Waals surface area contributed by atoms with E-state index in [9.17, 15) is 0 Å². The number of rotatable bonds is 5. The van der Waals surface area contributed by atoms with Crippen molar-refractivity contribution < 1.29 is 4.74 Å². The van der Waals surface area contributed by atoms with Crippen molar-refractivity contribution in [2.24, 2.45) is 0 Å². The number of methoxy groups -OCH3 is 1. The Labute approximate surface area is 125 Å². The van der Waals surface area contributed by atoms with E-state index in [2.05, 4.69) is 27.8 Å². The first-order valence-electron chi connectivity index (χ1n) is 7.42. The molecule has 0 amide bonds. The first-order valence-corrected chi connectivity index (χ1v) is 7.42. The minimum atomic E-state index is 0.875. The van der Waals surface area contributed by atoms with Gasteiger partial charge in [-0.25, -0.2) is 4.98 Å². The third-order valence-corrected chi connectivity index (χ3v) is 3.87. The average molecular weight is 283 g/mol. The van der Waals surface area contributed by atoms with E-state index in [1.165, 1.54) is 5.57 Å². The Morgan fingerprint density at radius 3 is 3.10 bits per heavy atom. The summed E-state index contributed by atoms with van der Waals surface area (Å²) in [6, 6.07) is 8.09. The van der Waals surface area contributed by atoms with E-state index in [0.29, 0.717) is 0 Å². The number of aromatic nitrogens is 1. The number of nitrogens with zero attached hydrogens (tertiary/aromatic N) is 1. The van der Waals surface area contributed by atoms with Crippen LogP contribution in [0, 0.1) is 0 Å². The normalized spacial score (nSPS) is 14.8. The zero-order chi connectivity index (χ0) is 14.5. The number of pyridine rings is 1. The van der Waals surface area contributed by atoms with Crippen molar-refractivity contribution in [3.05, 3.63) is 42.1 Å². The Morgan fingerprint density at radius 2 is 2.29 bits per heavy atom. The maximum atomic E-state index is 5.27. The molecule has 2 N–H and O–H groups in total. The van der Waals surface area contributed by atoms with Crippen LogP contribution in [0.15, 0.2) is 42.1 Å². The molecule has 2 heterocycles. The second-order valence-corrected chi connectivity index (χ2v) is 5.24. The molecule has 1 aliphatic rings. The number of fused-ring (bicyclic) bond motifs is 1. The Morgan fingerprint density at radius 1 is 1.33 bits per heavy atom. The molecule has 0 radical (unpaired) electrons. The summed E-state index contributed by atoms with van der Waals surface area (Å²) in [5.74, 6) is 1.82. The van der Waals surface area contributed by atoms with Crippen LogP contribution in [0.3, 0.4) is 0 Å². The average Bonchev–Trinajstić information content (AvgIpc) is 2.55. The topological polar surface area (TPSA) is 46.2 Å². The zero-order valence-electron chi connectivity index (χ0n) is 12.4. The van der Waals surface area contributed by atoms with Crippen LogP contribution in [0.1, 0.15) is 12.8 Å². The quantitative estimate of drug-likeness (QED) is 0.828. The predicted octanol–water partition coefficient (Wildman–Crippen LogP) is 2.97. The molecule has 0 unspecified atom stereocenters. The third kappa shape index (κ3) is 3.34. The lowest BCUT2D eigenvalue weighted by Crippen LogP contribution is -2.21. The fraction of sp³-hybridized carbons (Fsp3) is 0.353. The van der Waals surface area contributed by atoms with Gasteiger partial charge in [-0.15, -0.1) is 0 Å². The number of hydrogen-bond acceptors (Lipinski definition) is 4. The largest absolute Gasteiger partial charge is 0.497 e. The number of hydrogen-bond donors (Lipinski definition) is 2. The molecule has 1 aliphatic heterocycles. The van der Waals surface area contributed by atoms with Gasteiger partial charge in [0.25, 0.3) is 0 Å². The van der Waals surface area contributed by atoms with Gasteiger partial charge in [0.15, 0.2) is 0 Å². The van der Waals surface area contributed by atoms with Crippen LogP contribution in [0.2, 0.25) is 0 Å². The summed E-state index contributed by atoms with van der Waals surface area (Å²) >= 11 is 0. The lowest BCUT2D eigenvalue weighted by atomic mass is 10.1. The van der Waals surface area contributed by atoms with Crippen LogP contribution in [0.4, 0.5) is 5.82 Å². The number of anilines is 1. The van der Waals surface area contributed by atoms with Gasteiger partial charge in [0.1, 0.15) is 11.6 Å². The summed E-state index contributed by atoms with van der Waals surface area (Å²) in [6.07, 6.45) is 6.37. The van der Waals surface area contributed by atoms with Crippen molar-refractivity contribution in [2.45, 2.75) is 12.8 Å². The van der Waals surface area contributed by atoms with Crippen molar-refractivity contribution in [1.82, 2.24) is 10.3 Å². The SMILES string of the molecule is COc1ccc2c(NCCC3=CCNCC3)nccc2c1. The Hall–Kier alpha value is -2.07. The van der Waals surface area contributed by atoms with Crippen LogP contribution in [0.25, 0.3) is 10.8 Å². The van der Waals surface area contributed by atoms with Crippen LogP contribution in [-0.4, -0.2) is 31.7 Å². The Kier molecular flexibility index (Phi) is 4.36.